The number of rotatable bonds is 2. The second-order valence-corrected chi connectivity index (χ2v) is 3.59. The van der Waals surface area contributed by atoms with Crippen molar-refractivity contribution in [3.05, 3.63) is 35.4 Å². The molecular formula is C12H10N2O2. The van der Waals surface area contributed by atoms with Crippen LogP contribution in [-0.2, 0) is 9.53 Å². The van der Waals surface area contributed by atoms with Crippen LogP contribution in [0.2, 0.25) is 0 Å². The van der Waals surface area contributed by atoms with Crippen molar-refractivity contribution in [3.8, 4) is 6.07 Å². The Balaban J connectivity index is 2.17. The van der Waals surface area contributed by atoms with Gasteiger partial charge in [0.25, 0.3) is 5.91 Å². The van der Waals surface area contributed by atoms with Gasteiger partial charge in [-0.05, 0) is 6.92 Å². The highest BCUT2D eigenvalue weighted by molar-refractivity contribution is 6.00. The van der Waals surface area contributed by atoms with Crippen molar-refractivity contribution in [1.82, 2.24) is 0 Å². The van der Waals surface area contributed by atoms with E-state index in [0.717, 1.165) is 11.1 Å². The SMILES string of the molecule is Cc1ccc(C2OC(CC#N)=NC2=O)cc1. The average molecular weight is 214 g/mol. The number of carbonyl (C=O) groups is 1. The highest BCUT2D eigenvalue weighted by Gasteiger charge is 2.29. The first-order valence-electron chi connectivity index (χ1n) is 4.92. The molecule has 1 aliphatic rings. The molecule has 1 unspecified atom stereocenters. The standard InChI is InChI=1S/C12H10N2O2/c1-8-2-4-9(5-3-8)11-12(15)14-10(16-11)6-7-13/h2-5,11H,6H2,1H3. The van der Waals surface area contributed by atoms with Crippen molar-refractivity contribution in [2.45, 2.75) is 19.4 Å². The van der Waals surface area contributed by atoms with Crippen LogP contribution in [0.3, 0.4) is 0 Å². The molecule has 1 aromatic rings. The molecule has 1 aromatic carbocycles. The minimum absolute atomic E-state index is 0.0358. The monoisotopic (exact) mass is 214 g/mol. The van der Waals surface area contributed by atoms with Gasteiger partial charge in [-0.3, -0.25) is 4.79 Å². The zero-order chi connectivity index (χ0) is 11.5. The summed E-state index contributed by atoms with van der Waals surface area (Å²) in [6.07, 6.45) is -0.641. The summed E-state index contributed by atoms with van der Waals surface area (Å²) < 4.78 is 5.32. The molecule has 1 atom stereocenters. The summed E-state index contributed by atoms with van der Waals surface area (Å²) in [5.74, 6) is -0.132. The predicted octanol–water partition coefficient (Wildman–Crippen LogP) is 1.91. The third kappa shape index (κ3) is 1.94. The lowest BCUT2D eigenvalue weighted by atomic mass is 10.1. The van der Waals surface area contributed by atoms with E-state index in [-0.39, 0.29) is 18.2 Å². The number of aliphatic imine (C=N–C) groups is 1. The first kappa shape index (κ1) is 10.4. The summed E-state index contributed by atoms with van der Waals surface area (Å²) in [6, 6.07) is 9.40. The fourth-order valence-corrected chi connectivity index (χ4v) is 1.50. The maximum Gasteiger partial charge on any atom is 0.294 e. The Morgan fingerprint density at radius 2 is 2.12 bits per heavy atom. The Morgan fingerprint density at radius 1 is 1.44 bits per heavy atom. The molecule has 1 aliphatic heterocycles. The van der Waals surface area contributed by atoms with Gasteiger partial charge < -0.3 is 4.74 Å². The third-order valence-corrected chi connectivity index (χ3v) is 2.32. The van der Waals surface area contributed by atoms with E-state index in [9.17, 15) is 4.79 Å². The van der Waals surface area contributed by atoms with Gasteiger partial charge in [-0.15, -0.1) is 0 Å². The summed E-state index contributed by atoms with van der Waals surface area (Å²) in [7, 11) is 0. The van der Waals surface area contributed by atoms with Crippen molar-refractivity contribution >= 4 is 11.8 Å². The summed E-state index contributed by atoms with van der Waals surface area (Å²) in [6.45, 7) is 1.97. The third-order valence-electron chi connectivity index (χ3n) is 2.32. The fourth-order valence-electron chi connectivity index (χ4n) is 1.50. The molecular weight excluding hydrogens is 204 g/mol. The first-order chi connectivity index (χ1) is 7.70. The van der Waals surface area contributed by atoms with E-state index in [0.29, 0.717) is 0 Å². The first-order valence-corrected chi connectivity index (χ1v) is 4.92. The molecule has 0 saturated carbocycles. The topological polar surface area (TPSA) is 62.4 Å². The zero-order valence-electron chi connectivity index (χ0n) is 8.80. The van der Waals surface area contributed by atoms with Crippen LogP contribution in [0.4, 0.5) is 0 Å². The summed E-state index contributed by atoms with van der Waals surface area (Å²) in [5.41, 5.74) is 1.89. The molecule has 0 N–H and O–H groups in total. The molecule has 0 radical (unpaired) electrons. The van der Waals surface area contributed by atoms with Gasteiger partial charge in [-0.1, -0.05) is 29.8 Å². The van der Waals surface area contributed by atoms with Crippen LogP contribution in [0.1, 0.15) is 23.7 Å². The van der Waals surface area contributed by atoms with Gasteiger partial charge in [0.05, 0.1) is 6.07 Å². The van der Waals surface area contributed by atoms with Crippen molar-refractivity contribution in [2.24, 2.45) is 4.99 Å². The highest BCUT2D eigenvalue weighted by Crippen LogP contribution is 2.25. The second-order valence-electron chi connectivity index (χ2n) is 3.59. The summed E-state index contributed by atoms with van der Waals surface area (Å²) in [5, 5.41) is 8.48. The van der Waals surface area contributed by atoms with Gasteiger partial charge in [0.15, 0.2) is 0 Å². The number of hydrogen-bond acceptors (Lipinski definition) is 3. The molecule has 0 saturated heterocycles. The minimum atomic E-state index is -0.677. The number of nitriles is 1. The van der Waals surface area contributed by atoms with Crippen LogP contribution in [0.15, 0.2) is 29.3 Å². The Morgan fingerprint density at radius 3 is 2.75 bits per heavy atom. The number of ether oxygens (including phenoxy) is 1. The van der Waals surface area contributed by atoms with Gasteiger partial charge in [-0.2, -0.15) is 10.3 Å². The largest absolute Gasteiger partial charge is 0.461 e. The zero-order valence-corrected chi connectivity index (χ0v) is 8.80. The van der Waals surface area contributed by atoms with Crippen LogP contribution < -0.4 is 0 Å². The second kappa shape index (κ2) is 4.15. The highest BCUT2D eigenvalue weighted by atomic mass is 16.5. The summed E-state index contributed by atoms with van der Waals surface area (Å²) in [4.78, 5) is 15.2. The van der Waals surface area contributed by atoms with Gasteiger partial charge in [0.2, 0.25) is 12.0 Å². The maximum absolute atomic E-state index is 11.5. The fraction of sp³-hybridized carbons (Fsp3) is 0.250. The van der Waals surface area contributed by atoms with Gasteiger partial charge in [-0.25, -0.2) is 0 Å². The summed E-state index contributed by atoms with van der Waals surface area (Å²) >= 11 is 0. The van der Waals surface area contributed by atoms with E-state index < -0.39 is 6.10 Å². The maximum atomic E-state index is 11.5. The number of carbonyl (C=O) groups excluding carboxylic acids is 1. The Kier molecular flexibility index (Phi) is 2.69. The Bertz CT molecular complexity index is 483. The van der Waals surface area contributed by atoms with Crippen LogP contribution in [0, 0.1) is 18.3 Å². The molecule has 4 heteroatoms. The average Bonchev–Trinajstić information content (AvgIpc) is 2.61. The van der Waals surface area contributed by atoms with E-state index in [1.807, 2.05) is 37.3 Å². The molecule has 0 aromatic heterocycles. The number of nitrogens with zero attached hydrogens (tertiary/aromatic N) is 2. The van der Waals surface area contributed by atoms with E-state index in [1.165, 1.54) is 0 Å². The van der Waals surface area contributed by atoms with Crippen LogP contribution >= 0.6 is 0 Å². The van der Waals surface area contributed by atoms with E-state index in [4.69, 9.17) is 10.00 Å². The number of benzene rings is 1. The number of aryl methyl sites for hydroxylation is 1. The molecule has 4 nitrogen and oxygen atoms in total. The Labute approximate surface area is 93.2 Å². The van der Waals surface area contributed by atoms with E-state index >= 15 is 0 Å². The number of hydrogen-bond donors (Lipinski definition) is 0. The molecule has 0 aliphatic carbocycles. The molecule has 1 heterocycles. The molecule has 2 rings (SSSR count). The minimum Gasteiger partial charge on any atom is -0.461 e. The Hall–Kier alpha value is -2.15. The van der Waals surface area contributed by atoms with Crippen molar-refractivity contribution in [2.75, 3.05) is 0 Å². The van der Waals surface area contributed by atoms with Crippen molar-refractivity contribution in [3.63, 3.8) is 0 Å². The molecule has 1 amide bonds. The predicted molar refractivity (Wildman–Crippen MR) is 57.7 cm³/mol. The smallest absolute Gasteiger partial charge is 0.294 e. The van der Waals surface area contributed by atoms with Crippen molar-refractivity contribution < 1.29 is 9.53 Å². The lowest BCUT2D eigenvalue weighted by molar-refractivity contribution is -0.122. The van der Waals surface area contributed by atoms with Gasteiger partial charge in [0.1, 0.15) is 6.42 Å². The van der Waals surface area contributed by atoms with E-state index in [1.54, 1.807) is 0 Å². The van der Waals surface area contributed by atoms with Crippen LogP contribution in [0.5, 0.6) is 0 Å². The van der Waals surface area contributed by atoms with E-state index in [2.05, 4.69) is 4.99 Å². The van der Waals surface area contributed by atoms with Crippen molar-refractivity contribution in [1.29, 1.82) is 5.26 Å². The van der Waals surface area contributed by atoms with Gasteiger partial charge >= 0.3 is 0 Å². The normalized spacial score (nSPS) is 18.9. The molecule has 0 fully saturated rings. The van der Waals surface area contributed by atoms with Gasteiger partial charge in [0, 0.05) is 5.56 Å². The molecule has 16 heavy (non-hydrogen) atoms. The quantitative estimate of drug-likeness (QED) is 0.755. The molecule has 80 valence electrons. The molecule has 0 bridgehead atoms. The lowest BCUT2D eigenvalue weighted by Crippen LogP contribution is -2.08. The number of amides is 1. The molecule has 0 spiro atoms. The van der Waals surface area contributed by atoms with Crippen LogP contribution in [-0.4, -0.2) is 11.8 Å². The van der Waals surface area contributed by atoms with Crippen LogP contribution in [0.25, 0.3) is 0 Å². The lowest BCUT2D eigenvalue weighted by Gasteiger charge is -2.09.